The molecule has 0 spiro atoms. The zero-order valence-electron chi connectivity index (χ0n) is 7.49. The molecule has 1 N–H and O–H groups in total. The molecule has 0 amide bonds. The standard InChI is InChI=1S/C9H9ClO3S/c1-9(11)5-14(12,13)8-6(9)3-2-4-7(8)10/h2-4,11H,5H2,1H3. The minimum atomic E-state index is -3.43. The molecule has 3 nitrogen and oxygen atoms in total. The average molecular weight is 233 g/mol. The van der Waals surface area contributed by atoms with Crippen LogP contribution in [0.1, 0.15) is 12.5 Å². The molecule has 0 fully saturated rings. The third kappa shape index (κ3) is 1.26. The third-order valence-corrected chi connectivity index (χ3v) is 4.76. The van der Waals surface area contributed by atoms with Gasteiger partial charge in [0, 0.05) is 5.56 Å². The van der Waals surface area contributed by atoms with Crippen LogP contribution in [0.5, 0.6) is 0 Å². The van der Waals surface area contributed by atoms with Crippen molar-refractivity contribution in [3.8, 4) is 0 Å². The molecule has 1 aliphatic heterocycles. The van der Waals surface area contributed by atoms with Gasteiger partial charge < -0.3 is 5.11 Å². The maximum absolute atomic E-state index is 11.6. The maximum atomic E-state index is 11.6. The number of halogens is 1. The molecule has 1 aliphatic rings. The van der Waals surface area contributed by atoms with Gasteiger partial charge in [-0.25, -0.2) is 8.42 Å². The fourth-order valence-electron chi connectivity index (χ4n) is 1.77. The lowest BCUT2D eigenvalue weighted by atomic mass is 9.99. The number of sulfone groups is 1. The predicted molar refractivity (Wildman–Crippen MR) is 53.1 cm³/mol. The number of aliphatic hydroxyl groups is 1. The zero-order chi connectivity index (χ0) is 10.6. The molecule has 1 heterocycles. The van der Waals surface area contributed by atoms with E-state index in [0.717, 1.165) is 0 Å². The lowest BCUT2D eigenvalue weighted by Gasteiger charge is -2.14. The first kappa shape index (κ1) is 9.96. The van der Waals surface area contributed by atoms with Crippen molar-refractivity contribution in [1.29, 1.82) is 0 Å². The van der Waals surface area contributed by atoms with E-state index < -0.39 is 15.4 Å². The molecule has 0 saturated carbocycles. The van der Waals surface area contributed by atoms with Crippen LogP contribution in [0.25, 0.3) is 0 Å². The highest BCUT2D eigenvalue weighted by molar-refractivity contribution is 7.92. The van der Waals surface area contributed by atoms with Crippen molar-refractivity contribution in [3.63, 3.8) is 0 Å². The first-order chi connectivity index (χ1) is 6.34. The summed E-state index contributed by atoms with van der Waals surface area (Å²) in [6.45, 7) is 1.48. The van der Waals surface area contributed by atoms with Crippen LogP contribution < -0.4 is 0 Å². The molecule has 0 aromatic heterocycles. The van der Waals surface area contributed by atoms with Crippen molar-refractivity contribution < 1.29 is 13.5 Å². The molecule has 14 heavy (non-hydrogen) atoms. The summed E-state index contributed by atoms with van der Waals surface area (Å²) in [6.07, 6.45) is 0. The molecule has 5 heteroatoms. The van der Waals surface area contributed by atoms with Gasteiger partial charge in [0.1, 0.15) is 5.60 Å². The van der Waals surface area contributed by atoms with E-state index in [1.54, 1.807) is 12.1 Å². The summed E-state index contributed by atoms with van der Waals surface area (Å²) in [4.78, 5) is 0.0756. The number of hydrogen-bond donors (Lipinski definition) is 1. The molecule has 1 aromatic carbocycles. The van der Waals surface area contributed by atoms with E-state index in [1.807, 2.05) is 0 Å². The topological polar surface area (TPSA) is 54.4 Å². The fourth-order valence-corrected chi connectivity index (χ4v) is 4.32. The molecule has 0 saturated heterocycles. The Morgan fingerprint density at radius 1 is 1.50 bits per heavy atom. The van der Waals surface area contributed by atoms with Crippen molar-refractivity contribution in [1.82, 2.24) is 0 Å². The van der Waals surface area contributed by atoms with E-state index in [1.165, 1.54) is 13.0 Å². The maximum Gasteiger partial charge on any atom is 0.183 e. The molecule has 76 valence electrons. The van der Waals surface area contributed by atoms with Crippen molar-refractivity contribution in [2.75, 3.05) is 5.75 Å². The molecule has 1 aromatic rings. The molecular weight excluding hydrogens is 224 g/mol. The highest BCUT2D eigenvalue weighted by atomic mass is 35.5. The normalized spacial score (nSPS) is 28.8. The van der Waals surface area contributed by atoms with Gasteiger partial charge in [0.2, 0.25) is 0 Å². The fraction of sp³-hybridized carbons (Fsp3) is 0.333. The predicted octanol–water partition coefficient (Wildman–Crippen LogP) is 1.33. The van der Waals surface area contributed by atoms with Gasteiger partial charge in [0.15, 0.2) is 9.84 Å². The molecule has 0 radical (unpaired) electrons. The first-order valence-electron chi connectivity index (χ1n) is 4.09. The quantitative estimate of drug-likeness (QED) is 0.734. The van der Waals surface area contributed by atoms with Crippen molar-refractivity contribution in [2.45, 2.75) is 17.4 Å². The minimum absolute atomic E-state index is 0.0756. The number of hydrogen-bond acceptors (Lipinski definition) is 3. The smallest absolute Gasteiger partial charge is 0.183 e. The summed E-state index contributed by atoms with van der Waals surface area (Å²) in [5.41, 5.74) is -0.927. The summed E-state index contributed by atoms with van der Waals surface area (Å²) in [6, 6.07) is 4.74. The van der Waals surface area contributed by atoms with Crippen LogP contribution in [0.2, 0.25) is 5.02 Å². The van der Waals surface area contributed by atoms with Crippen molar-refractivity contribution in [3.05, 3.63) is 28.8 Å². The summed E-state index contributed by atoms with van der Waals surface area (Å²) < 4.78 is 23.3. The van der Waals surface area contributed by atoms with Gasteiger partial charge in [-0.15, -0.1) is 0 Å². The van der Waals surface area contributed by atoms with E-state index in [-0.39, 0.29) is 15.7 Å². The number of fused-ring (bicyclic) bond motifs is 1. The molecule has 1 atom stereocenters. The zero-order valence-corrected chi connectivity index (χ0v) is 9.06. The van der Waals surface area contributed by atoms with Gasteiger partial charge in [0.25, 0.3) is 0 Å². The van der Waals surface area contributed by atoms with Crippen LogP contribution in [0.15, 0.2) is 23.1 Å². The summed E-state index contributed by atoms with van der Waals surface area (Å²) in [5.74, 6) is -0.293. The highest BCUT2D eigenvalue weighted by Crippen LogP contribution is 2.41. The molecule has 2 rings (SSSR count). The highest BCUT2D eigenvalue weighted by Gasteiger charge is 2.43. The number of rotatable bonds is 0. The largest absolute Gasteiger partial charge is 0.384 e. The Morgan fingerprint density at radius 2 is 2.14 bits per heavy atom. The van der Waals surface area contributed by atoms with Crippen LogP contribution in [0.4, 0.5) is 0 Å². The van der Waals surface area contributed by atoms with Crippen molar-refractivity contribution >= 4 is 21.4 Å². The average Bonchev–Trinajstić information content (AvgIpc) is 2.18. The van der Waals surface area contributed by atoms with Gasteiger partial charge in [0.05, 0.1) is 15.7 Å². The van der Waals surface area contributed by atoms with Gasteiger partial charge in [-0.05, 0) is 13.0 Å². The lowest BCUT2D eigenvalue weighted by molar-refractivity contribution is 0.0842. The van der Waals surface area contributed by atoms with Crippen LogP contribution in [0.3, 0.4) is 0 Å². The van der Waals surface area contributed by atoms with Crippen LogP contribution >= 0.6 is 11.6 Å². The van der Waals surface area contributed by atoms with Crippen LogP contribution in [-0.4, -0.2) is 19.3 Å². The van der Waals surface area contributed by atoms with E-state index in [9.17, 15) is 13.5 Å². The molecular formula is C9H9ClO3S. The third-order valence-electron chi connectivity index (χ3n) is 2.33. The van der Waals surface area contributed by atoms with Crippen LogP contribution in [0, 0.1) is 0 Å². The van der Waals surface area contributed by atoms with Crippen molar-refractivity contribution in [2.24, 2.45) is 0 Å². The Labute approximate surface area is 87.2 Å². The summed E-state index contributed by atoms with van der Waals surface area (Å²) in [7, 11) is -3.43. The molecule has 0 bridgehead atoms. The Balaban J connectivity index is 2.86. The van der Waals surface area contributed by atoms with E-state index in [2.05, 4.69) is 0 Å². The van der Waals surface area contributed by atoms with E-state index in [4.69, 9.17) is 11.6 Å². The Hall–Kier alpha value is -0.580. The van der Waals surface area contributed by atoms with Gasteiger partial charge >= 0.3 is 0 Å². The Kier molecular flexibility index (Phi) is 1.93. The lowest BCUT2D eigenvalue weighted by Crippen LogP contribution is -2.22. The van der Waals surface area contributed by atoms with Gasteiger partial charge in [-0.1, -0.05) is 23.7 Å². The van der Waals surface area contributed by atoms with E-state index >= 15 is 0 Å². The Morgan fingerprint density at radius 3 is 2.71 bits per heavy atom. The van der Waals surface area contributed by atoms with Gasteiger partial charge in [-0.3, -0.25) is 0 Å². The second-order valence-corrected chi connectivity index (χ2v) is 5.98. The van der Waals surface area contributed by atoms with Gasteiger partial charge in [-0.2, -0.15) is 0 Å². The van der Waals surface area contributed by atoms with E-state index in [0.29, 0.717) is 5.56 Å². The van der Waals surface area contributed by atoms with Crippen LogP contribution in [-0.2, 0) is 15.4 Å². The molecule has 1 unspecified atom stereocenters. The summed E-state index contributed by atoms with van der Waals surface area (Å²) in [5, 5.41) is 10.0. The second kappa shape index (κ2) is 2.72. The first-order valence-corrected chi connectivity index (χ1v) is 6.12. The Bertz CT molecular complexity index is 491. The monoisotopic (exact) mass is 232 g/mol. The SMILES string of the molecule is CC1(O)CS(=O)(=O)c2c(Cl)cccc21. The molecule has 0 aliphatic carbocycles. The summed E-state index contributed by atoms with van der Waals surface area (Å²) >= 11 is 5.79. The number of benzene rings is 1. The minimum Gasteiger partial charge on any atom is -0.384 e. The second-order valence-electron chi connectivity index (χ2n) is 3.65.